The summed E-state index contributed by atoms with van der Waals surface area (Å²) in [6.07, 6.45) is 0. The third kappa shape index (κ3) is 46.5. The summed E-state index contributed by atoms with van der Waals surface area (Å²) in [4.78, 5) is 2.33. The van der Waals surface area contributed by atoms with Gasteiger partial charge in [0.05, 0.1) is 211 Å². The number of hydrogen-bond donors (Lipinski definition) is 2. The molecule has 0 saturated heterocycles. The smallest absolute Gasteiger partial charge is 0.0701 e. The van der Waals surface area contributed by atoms with Crippen molar-refractivity contribution in [3.05, 3.63) is 35.9 Å². The van der Waals surface area contributed by atoms with E-state index in [2.05, 4.69) is 29.2 Å². The Morgan fingerprint density at radius 1 is 0.258 bits per heavy atom. The van der Waals surface area contributed by atoms with E-state index in [1.54, 1.807) is 0 Å². The van der Waals surface area contributed by atoms with Gasteiger partial charge in [-0.3, -0.25) is 4.90 Å². The largest absolute Gasteiger partial charge is 0.378 e. The van der Waals surface area contributed by atoms with Crippen molar-refractivity contribution in [3.8, 4) is 0 Å². The van der Waals surface area contributed by atoms with Crippen molar-refractivity contribution in [1.82, 2.24) is 4.90 Å². The van der Waals surface area contributed by atoms with Gasteiger partial charge in [0.2, 0.25) is 0 Å². The molecule has 0 atom stereocenters. The van der Waals surface area contributed by atoms with Crippen LogP contribution in [0.15, 0.2) is 30.3 Å². The predicted octanol–water partition coefficient (Wildman–Crippen LogP) is 0.672. The monoisotopic (exact) mass is 898 g/mol. The summed E-state index contributed by atoms with van der Waals surface area (Å²) in [7, 11) is 0. The molecule has 0 aliphatic carbocycles. The first-order chi connectivity index (χ1) is 30.9. The molecule has 0 aliphatic rings. The Balaban J connectivity index is 1.87. The van der Waals surface area contributed by atoms with Crippen LogP contribution in [0.1, 0.15) is 5.56 Å². The van der Waals surface area contributed by atoms with E-state index in [4.69, 9.17) is 87.3 Å². The first-order valence-electron chi connectivity index (χ1n) is 22.3. The molecule has 0 heterocycles. The lowest BCUT2D eigenvalue weighted by molar-refractivity contribution is -0.0245. The molecule has 1 aromatic carbocycles. The third-order valence-corrected chi connectivity index (χ3v) is 8.09. The minimum atomic E-state index is 0.502. The van der Waals surface area contributed by atoms with E-state index in [0.717, 1.165) is 19.6 Å². The number of rotatable bonds is 54. The number of benzene rings is 1. The number of hydrogen-bond acceptors (Lipinski definition) is 19. The molecule has 0 saturated carbocycles. The van der Waals surface area contributed by atoms with Gasteiger partial charge >= 0.3 is 0 Å². The summed E-state index contributed by atoms with van der Waals surface area (Å²) in [6.45, 7) is 20.2. The van der Waals surface area contributed by atoms with Crippen LogP contribution < -0.4 is 11.5 Å². The zero-order valence-electron chi connectivity index (χ0n) is 37.7. The van der Waals surface area contributed by atoms with Crippen molar-refractivity contribution in [3.63, 3.8) is 0 Å². The van der Waals surface area contributed by atoms with E-state index in [0.29, 0.717) is 225 Å². The fourth-order valence-electron chi connectivity index (χ4n) is 4.95. The molecule has 4 N–H and O–H groups in total. The van der Waals surface area contributed by atoms with E-state index in [-0.39, 0.29) is 0 Å². The maximum atomic E-state index is 5.85. The molecule has 0 unspecified atom stereocenters. The van der Waals surface area contributed by atoms with E-state index >= 15 is 0 Å². The van der Waals surface area contributed by atoms with Crippen molar-refractivity contribution >= 4 is 0 Å². The molecule has 1 aromatic rings. The van der Waals surface area contributed by atoms with Gasteiger partial charge in [-0.25, -0.2) is 0 Å². The van der Waals surface area contributed by atoms with Crippen LogP contribution in [0.4, 0.5) is 0 Å². The minimum Gasteiger partial charge on any atom is -0.378 e. The fourth-order valence-corrected chi connectivity index (χ4v) is 4.95. The number of nitrogens with two attached hydrogens (primary N) is 2. The highest BCUT2D eigenvalue weighted by atomic mass is 16.6. The van der Waals surface area contributed by atoms with Crippen LogP contribution in [-0.2, 0) is 82.3 Å². The van der Waals surface area contributed by atoms with Crippen LogP contribution in [0.2, 0.25) is 0 Å². The summed E-state index contributed by atoms with van der Waals surface area (Å²) in [5, 5.41) is 0. The summed E-state index contributed by atoms with van der Waals surface area (Å²) >= 11 is 0. The molecular weight excluding hydrogens is 814 g/mol. The molecule has 0 radical (unpaired) electrons. The van der Waals surface area contributed by atoms with Crippen molar-refractivity contribution < 1.29 is 75.8 Å². The number of ether oxygens (including phenoxy) is 16. The average molecular weight is 898 g/mol. The van der Waals surface area contributed by atoms with Crippen LogP contribution in [0, 0.1) is 0 Å². The van der Waals surface area contributed by atoms with E-state index in [1.165, 1.54) is 5.56 Å². The second kappa shape index (κ2) is 52.1. The molecular formula is C43H83N3O16. The van der Waals surface area contributed by atoms with Gasteiger partial charge in [0.15, 0.2) is 0 Å². The van der Waals surface area contributed by atoms with Crippen molar-refractivity contribution in [1.29, 1.82) is 0 Å². The summed E-state index contributed by atoms with van der Waals surface area (Å²) in [5.74, 6) is 0. The lowest BCUT2D eigenvalue weighted by Crippen LogP contribution is -2.31. The first kappa shape index (κ1) is 58.5. The maximum absolute atomic E-state index is 5.85. The zero-order chi connectivity index (χ0) is 44.2. The van der Waals surface area contributed by atoms with Crippen LogP contribution in [0.5, 0.6) is 0 Å². The van der Waals surface area contributed by atoms with Gasteiger partial charge in [-0.15, -0.1) is 0 Å². The average Bonchev–Trinajstić information content (AvgIpc) is 3.29. The maximum Gasteiger partial charge on any atom is 0.0701 e. The normalized spacial score (nSPS) is 11.7. The lowest BCUT2D eigenvalue weighted by Gasteiger charge is -2.22. The zero-order valence-corrected chi connectivity index (χ0v) is 37.7. The Morgan fingerprint density at radius 2 is 0.452 bits per heavy atom. The van der Waals surface area contributed by atoms with E-state index in [1.807, 2.05) is 6.07 Å². The van der Waals surface area contributed by atoms with Crippen LogP contribution in [-0.4, -0.2) is 242 Å². The molecule has 1 rings (SSSR count). The number of nitrogens with zero attached hydrogens (tertiary/aromatic N) is 1. The molecule has 0 spiro atoms. The van der Waals surface area contributed by atoms with Gasteiger partial charge in [-0.1, -0.05) is 30.3 Å². The Hall–Kier alpha value is -1.54. The van der Waals surface area contributed by atoms with Gasteiger partial charge in [0.25, 0.3) is 0 Å². The van der Waals surface area contributed by atoms with Gasteiger partial charge in [-0.2, -0.15) is 0 Å². The quantitative estimate of drug-likeness (QED) is 0.0864. The highest BCUT2D eigenvalue weighted by Crippen LogP contribution is 2.04. The highest BCUT2D eigenvalue weighted by molar-refractivity contribution is 5.14. The molecule has 62 heavy (non-hydrogen) atoms. The van der Waals surface area contributed by atoms with Gasteiger partial charge in [0, 0.05) is 32.7 Å². The summed E-state index contributed by atoms with van der Waals surface area (Å²) in [5.41, 5.74) is 12.0. The SMILES string of the molecule is NCCOCCOCCOCCOCCOCCOCCOCCOCCN(CCOCCOCCOCCOCCOCCOCCOCCOCCN)Cc1ccccc1. The second-order valence-electron chi connectivity index (χ2n) is 13.1. The molecule has 0 amide bonds. The van der Waals surface area contributed by atoms with Crippen molar-refractivity contribution in [2.75, 3.05) is 238 Å². The molecule has 19 nitrogen and oxygen atoms in total. The topological polar surface area (TPSA) is 203 Å². The summed E-state index contributed by atoms with van der Waals surface area (Å²) < 4.78 is 88.3. The minimum absolute atomic E-state index is 0.502. The molecule has 19 heteroatoms. The summed E-state index contributed by atoms with van der Waals surface area (Å²) in [6, 6.07) is 10.4. The Kier molecular flexibility index (Phi) is 49.1. The van der Waals surface area contributed by atoms with Gasteiger partial charge < -0.3 is 87.3 Å². The molecule has 0 aromatic heterocycles. The second-order valence-corrected chi connectivity index (χ2v) is 13.1. The molecule has 366 valence electrons. The lowest BCUT2D eigenvalue weighted by atomic mass is 10.2. The van der Waals surface area contributed by atoms with Crippen LogP contribution >= 0.6 is 0 Å². The Morgan fingerprint density at radius 3 is 0.661 bits per heavy atom. The van der Waals surface area contributed by atoms with Crippen LogP contribution in [0.3, 0.4) is 0 Å². The Bertz CT molecular complexity index is 915. The van der Waals surface area contributed by atoms with Crippen molar-refractivity contribution in [2.45, 2.75) is 6.54 Å². The molecule has 0 aliphatic heterocycles. The standard InChI is InChI=1S/C43H83N3O16/c44-6-10-47-14-18-51-22-26-55-30-34-59-38-40-61-36-32-57-28-24-53-20-16-49-12-8-46(42-43-4-2-1-3-5-43)9-13-50-17-21-54-25-29-58-33-37-62-41-39-60-35-31-56-27-23-52-19-15-48-11-7-45/h1-5H,6-42,44-45H2. The molecule has 0 fully saturated rings. The van der Waals surface area contributed by atoms with Gasteiger partial charge in [0.1, 0.15) is 0 Å². The van der Waals surface area contributed by atoms with Gasteiger partial charge in [-0.05, 0) is 5.56 Å². The predicted molar refractivity (Wildman–Crippen MR) is 233 cm³/mol. The highest BCUT2D eigenvalue weighted by Gasteiger charge is 2.07. The van der Waals surface area contributed by atoms with Crippen molar-refractivity contribution in [2.24, 2.45) is 11.5 Å². The molecule has 0 bridgehead atoms. The fraction of sp³-hybridized carbons (Fsp3) is 0.860. The Labute approximate surface area is 371 Å². The van der Waals surface area contributed by atoms with E-state index in [9.17, 15) is 0 Å². The van der Waals surface area contributed by atoms with Crippen LogP contribution in [0.25, 0.3) is 0 Å². The van der Waals surface area contributed by atoms with E-state index < -0.39 is 0 Å². The third-order valence-electron chi connectivity index (χ3n) is 8.09. The first-order valence-corrected chi connectivity index (χ1v) is 22.3.